The molecule has 1 heteroatoms. The van der Waals surface area contributed by atoms with E-state index in [4.69, 9.17) is 0 Å². The lowest BCUT2D eigenvalue weighted by atomic mass is 9.95. The second-order valence-electron chi connectivity index (χ2n) is 4.46. The summed E-state index contributed by atoms with van der Waals surface area (Å²) in [6, 6.07) is 8.11. The van der Waals surface area contributed by atoms with E-state index in [1.807, 2.05) is 12.1 Å². The molecular formula is C15H22O. The van der Waals surface area contributed by atoms with Crippen LogP contribution < -0.4 is 0 Å². The molecule has 0 aliphatic rings. The van der Waals surface area contributed by atoms with Crippen molar-refractivity contribution in [3.63, 3.8) is 0 Å². The topological polar surface area (TPSA) is 17.1 Å². The van der Waals surface area contributed by atoms with Crippen molar-refractivity contribution in [2.75, 3.05) is 0 Å². The molecule has 0 aliphatic heterocycles. The van der Waals surface area contributed by atoms with Gasteiger partial charge < -0.3 is 0 Å². The molecule has 88 valence electrons. The number of carbonyl (C=O) groups excluding carboxylic acids is 1. The van der Waals surface area contributed by atoms with Crippen LogP contribution in [0.3, 0.4) is 0 Å². The van der Waals surface area contributed by atoms with Crippen LogP contribution in [0.4, 0.5) is 0 Å². The van der Waals surface area contributed by atoms with Crippen molar-refractivity contribution in [1.82, 2.24) is 0 Å². The quantitative estimate of drug-likeness (QED) is 0.639. The first-order valence-corrected chi connectivity index (χ1v) is 6.32. The smallest absolute Gasteiger partial charge is 0.162 e. The molecule has 0 aliphatic carbocycles. The van der Waals surface area contributed by atoms with Crippen LogP contribution in [0.5, 0.6) is 0 Å². The summed E-state index contributed by atoms with van der Waals surface area (Å²) in [5.41, 5.74) is 2.16. The number of carbonyl (C=O) groups is 1. The van der Waals surface area contributed by atoms with E-state index in [1.54, 1.807) is 0 Å². The maximum absolute atomic E-state index is 11.9. The van der Waals surface area contributed by atoms with Crippen LogP contribution in [0.2, 0.25) is 0 Å². The number of benzene rings is 1. The molecule has 0 spiro atoms. The average Bonchev–Trinajstić information content (AvgIpc) is 2.35. The Morgan fingerprint density at radius 3 is 2.69 bits per heavy atom. The van der Waals surface area contributed by atoms with Crippen molar-refractivity contribution in [2.45, 2.75) is 52.4 Å². The second-order valence-corrected chi connectivity index (χ2v) is 4.46. The monoisotopic (exact) mass is 218 g/mol. The summed E-state index contributed by atoms with van der Waals surface area (Å²) in [6.07, 6.45) is 3.87. The van der Waals surface area contributed by atoms with Gasteiger partial charge >= 0.3 is 0 Å². The lowest BCUT2D eigenvalue weighted by Gasteiger charge is -2.10. The van der Waals surface area contributed by atoms with Gasteiger partial charge in [0.05, 0.1) is 0 Å². The van der Waals surface area contributed by atoms with E-state index in [-0.39, 0.29) is 5.78 Å². The molecule has 0 aromatic heterocycles. The van der Waals surface area contributed by atoms with Crippen LogP contribution in [0.15, 0.2) is 24.3 Å². The fourth-order valence-corrected chi connectivity index (χ4v) is 1.74. The Morgan fingerprint density at radius 2 is 2.06 bits per heavy atom. The minimum absolute atomic E-state index is 0.284. The largest absolute Gasteiger partial charge is 0.294 e. The fraction of sp³-hybridized carbons (Fsp3) is 0.533. The number of Topliss-reactive ketones (excluding diaryl/α,β-unsaturated/α-hetero) is 1. The number of rotatable bonds is 6. The van der Waals surface area contributed by atoms with Crippen LogP contribution in [0.25, 0.3) is 0 Å². The SMILES string of the molecule is CCCCC(=O)c1cccc(C(C)CC)c1. The van der Waals surface area contributed by atoms with Crippen molar-refractivity contribution in [1.29, 1.82) is 0 Å². The molecule has 0 saturated heterocycles. The maximum atomic E-state index is 11.9. The van der Waals surface area contributed by atoms with Gasteiger partial charge in [0, 0.05) is 12.0 Å². The molecule has 1 nitrogen and oxygen atoms in total. The van der Waals surface area contributed by atoms with Gasteiger partial charge in [0.2, 0.25) is 0 Å². The van der Waals surface area contributed by atoms with Crippen LogP contribution in [-0.4, -0.2) is 5.78 Å². The van der Waals surface area contributed by atoms with Crippen LogP contribution in [0.1, 0.15) is 68.3 Å². The Balaban J connectivity index is 2.77. The van der Waals surface area contributed by atoms with Gasteiger partial charge in [0.25, 0.3) is 0 Å². The zero-order valence-electron chi connectivity index (χ0n) is 10.6. The summed E-state index contributed by atoms with van der Waals surface area (Å²) in [5.74, 6) is 0.825. The van der Waals surface area contributed by atoms with Crippen molar-refractivity contribution >= 4 is 5.78 Å². The van der Waals surface area contributed by atoms with E-state index in [9.17, 15) is 4.79 Å². The Kier molecular flexibility index (Phi) is 5.24. The van der Waals surface area contributed by atoms with Crippen LogP contribution in [-0.2, 0) is 0 Å². The predicted octanol–water partition coefficient (Wildman–Crippen LogP) is 4.57. The first-order chi connectivity index (χ1) is 7.69. The molecule has 1 aromatic rings. The van der Waals surface area contributed by atoms with Gasteiger partial charge in [0.15, 0.2) is 5.78 Å². The van der Waals surface area contributed by atoms with Gasteiger partial charge in [-0.2, -0.15) is 0 Å². The van der Waals surface area contributed by atoms with Gasteiger partial charge in [-0.05, 0) is 30.4 Å². The molecule has 1 unspecified atom stereocenters. The lowest BCUT2D eigenvalue weighted by Crippen LogP contribution is -2.00. The van der Waals surface area contributed by atoms with E-state index in [0.29, 0.717) is 12.3 Å². The van der Waals surface area contributed by atoms with Gasteiger partial charge in [-0.15, -0.1) is 0 Å². The van der Waals surface area contributed by atoms with Gasteiger partial charge in [-0.1, -0.05) is 45.4 Å². The molecule has 1 aromatic carbocycles. The second kappa shape index (κ2) is 6.47. The minimum Gasteiger partial charge on any atom is -0.294 e. The molecule has 1 atom stereocenters. The van der Waals surface area contributed by atoms with Crippen molar-refractivity contribution in [2.24, 2.45) is 0 Å². The molecule has 0 fully saturated rings. The van der Waals surface area contributed by atoms with E-state index < -0.39 is 0 Å². The summed E-state index contributed by atoms with van der Waals surface area (Å²) in [6.45, 7) is 6.49. The molecule has 0 heterocycles. The molecule has 16 heavy (non-hydrogen) atoms. The van der Waals surface area contributed by atoms with Crippen LogP contribution >= 0.6 is 0 Å². The van der Waals surface area contributed by atoms with Gasteiger partial charge in [0.1, 0.15) is 0 Å². The molecule has 0 saturated carbocycles. The average molecular weight is 218 g/mol. The van der Waals surface area contributed by atoms with Crippen LogP contribution in [0, 0.1) is 0 Å². The van der Waals surface area contributed by atoms with E-state index >= 15 is 0 Å². The number of hydrogen-bond acceptors (Lipinski definition) is 1. The Labute approximate surface area is 98.9 Å². The Hall–Kier alpha value is -1.11. The Morgan fingerprint density at radius 1 is 1.31 bits per heavy atom. The zero-order chi connectivity index (χ0) is 12.0. The van der Waals surface area contributed by atoms with E-state index in [1.165, 1.54) is 5.56 Å². The molecule has 0 N–H and O–H groups in total. The lowest BCUT2D eigenvalue weighted by molar-refractivity contribution is 0.0979. The summed E-state index contributed by atoms with van der Waals surface area (Å²) in [4.78, 5) is 11.9. The number of hydrogen-bond donors (Lipinski definition) is 0. The maximum Gasteiger partial charge on any atom is 0.162 e. The third kappa shape index (κ3) is 3.48. The third-order valence-corrected chi connectivity index (χ3v) is 3.15. The molecule has 0 amide bonds. The van der Waals surface area contributed by atoms with Gasteiger partial charge in [-0.3, -0.25) is 4.79 Å². The molecule has 0 radical (unpaired) electrons. The zero-order valence-corrected chi connectivity index (χ0v) is 10.6. The highest BCUT2D eigenvalue weighted by Gasteiger charge is 2.08. The van der Waals surface area contributed by atoms with Crippen molar-refractivity contribution in [3.05, 3.63) is 35.4 Å². The molecule has 0 bridgehead atoms. The fourth-order valence-electron chi connectivity index (χ4n) is 1.74. The number of ketones is 1. The highest BCUT2D eigenvalue weighted by molar-refractivity contribution is 5.96. The summed E-state index contributed by atoms with van der Waals surface area (Å²) in [7, 11) is 0. The summed E-state index contributed by atoms with van der Waals surface area (Å²) < 4.78 is 0. The predicted molar refractivity (Wildman–Crippen MR) is 69.0 cm³/mol. The number of unbranched alkanes of at least 4 members (excludes halogenated alkanes) is 1. The summed E-state index contributed by atoms with van der Waals surface area (Å²) in [5, 5.41) is 0. The first kappa shape index (κ1) is 13.0. The first-order valence-electron chi connectivity index (χ1n) is 6.32. The van der Waals surface area contributed by atoms with E-state index in [0.717, 1.165) is 24.8 Å². The Bertz CT molecular complexity index is 341. The summed E-state index contributed by atoms with van der Waals surface area (Å²) >= 11 is 0. The molecular weight excluding hydrogens is 196 g/mol. The van der Waals surface area contributed by atoms with Gasteiger partial charge in [-0.25, -0.2) is 0 Å². The third-order valence-electron chi connectivity index (χ3n) is 3.15. The van der Waals surface area contributed by atoms with E-state index in [2.05, 4.69) is 32.9 Å². The normalized spacial score (nSPS) is 12.4. The standard InChI is InChI=1S/C15H22O/c1-4-6-10-15(16)14-9-7-8-13(11-14)12(3)5-2/h7-9,11-12H,4-6,10H2,1-3H3. The highest BCUT2D eigenvalue weighted by atomic mass is 16.1. The van der Waals surface area contributed by atoms with Crippen molar-refractivity contribution in [3.8, 4) is 0 Å². The minimum atomic E-state index is 0.284. The van der Waals surface area contributed by atoms with Crippen molar-refractivity contribution < 1.29 is 4.79 Å². The molecule has 1 rings (SSSR count). The highest BCUT2D eigenvalue weighted by Crippen LogP contribution is 2.20.